The second-order valence-electron chi connectivity index (χ2n) is 6.79. The standard InChI is InChI=1S/C21H22N4OS2/c1-15-20(28-21(22-15)16-8-4-2-5-9-16)17-10-11-18(24-23-17)27-14-19(26)25-12-6-3-7-13-25/h2,4-5,8-11H,3,6-7,12-14H2,1H3. The molecule has 28 heavy (non-hydrogen) atoms. The van der Waals surface area contributed by atoms with Gasteiger partial charge in [-0.1, -0.05) is 42.1 Å². The van der Waals surface area contributed by atoms with Crippen LogP contribution in [0.3, 0.4) is 0 Å². The summed E-state index contributed by atoms with van der Waals surface area (Å²) in [5.74, 6) is 0.618. The molecule has 0 unspecified atom stereocenters. The highest BCUT2D eigenvalue weighted by Gasteiger charge is 2.17. The smallest absolute Gasteiger partial charge is 0.232 e. The molecule has 5 nitrogen and oxygen atoms in total. The fourth-order valence-corrected chi connectivity index (χ4v) is 4.98. The van der Waals surface area contributed by atoms with Crippen LogP contribution in [0.2, 0.25) is 0 Å². The average molecular weight is 411 g/mol. The Labute approximate surface area is 173 Å². The van der Waals surface area contributed by atoms with Crippen molar-refractivity contribution in [3.63, 3.8) is 0 Å². The highest BCUT2D eigenvalue weighted by atomic mass is 32.2. The molecule has 1 aromatic carbocycles. The lowest BCUT2D eigenvalue weighted by molar-refractivity contribution is -0.129. The summed E-state index contributed by atoms with van der Waals surface area (Å²) in [6, 6.07) is 14.1. The molecule has 1 aliphatic rings. The molecule has 0 saturated carbocycles. The number of carbonyl (C=O) groups excluding carboxylic acids is 1. The normalized spacial score (nSPS) is 14.2. The number of thioether (sulfide) groups is 1. The number of rotatable bonds is 5. The molecule has 0 aliphatic carbocycles. The third-order valence-corrected chi connectivity index (χ3v) is 6.88. The molecule has 7 heteroatoms. The largest absolute Gasteiger partial charge is 0.342 e. The molecule has 144 valence electrons. The summed E-state index contributed by atoms with van der Waals surface area (Å²) in [4.78, 5) is 20.0. The first-order valence-electron chi connectivity index (χ1n) is 9.48. The van der Waals surface area contributed by atoms with Crippen LogP contribution in [0.15, 0.2) is 47.5 Å². The SMILES string of the molecule is Cc1nc(-c2ccccc2)sc1-c1ccc(SCC(=O)N2CCCCC2)nn1. The van der Waals surface area contributed by atoms with Gasteiger partial charge in [0.05, 0.1) is 16.3 Å². The molecule has 0 spiro atoms. The Morgan fingerprint density at radius 3 is 2.57 bits per heavy atom. The molecule has 1 amide bonds. The third kappa shape index (κ3) is 4.42. The Bertz CT molecular complexity index is 935. The van der Waals surface area contributed by atoms with E-state index in [0.29, 0.717) is 5.75 Å². The molecule has 2 aromatic heterocycles. The summed E-state index contributed by atoms with van der Waals surface area (Å²) in [6.45, 7) is 3.77. The molecular formula is C21H22N4OS2. The van der Waals surface area contributed by atoms with Crippen molar-refractivity contribution in [2.24, 2.45) is 0 Å². The zero-order valence-corrected chi connectivity index (χ0v) is 17.4. The van der Waals surface area contributed by atoms with Crippen molar-refractivity contribution in [1.82, 2.24) is 20.1 Å². The Morgan fingerprint density at radius 1 is 1.07 bits per heavy atom. The van der Waals surface area contributed by atoms with Gasteiger partial charge < -0.3 is 4.90 Å². The Balaban J connectivity index is 1.42. The van der Waals surface area contributed by atoms with Crippen LogP contribution in [0.4, 0.5) is 0 Å². The lowest BCUT2D eigenvalue weighted by Gasteiger charge is -2.26. The van der Waals surface area contributed by atoms with Gasteiger partial charge in [0.1, 0.15) is 15.7 Å². The Kier molecular flexibility index (Phi) is 6.02. The number of aromatic nitrogens is 3. The van der Waals surface area contributed by atoms with E-state index in [4.69, 9.17) is 0 Å². The van der Waals surface area contributed by atoms with Crippen LogP contribution in [0.1, 0.15) is 25.0 Å². The number of hydrogen-bond acceptors (Lipinski definition) is 6. The third-order valence-electron chi connectivity index (χ3n) is 4.74. The van der Waals surface area contributed by atoms with Gasteiger partial charge in [-0.3, -0.25) is 4.79 Å². The Morgan fingerprint density at radius 2 is 1.86 bits per heavy atom. The van der Waals surface area contributed by atoms with Crippen LogP contribution in [-0.4, -0.2) is 44.8 Å². The molecule has 0 bridgehead atoms. The molecular weight excluding hydrogens is 388 g/mol. The van der Waals surface area contributed by atoms with Crippen molar-refractivity contribution in [2.75, 3.05) is 18.8 Å². The molecule has 0 atom stereocenters. The van der Waals surface area contributed by atoms with Crippen LogP contribution in [0, 0.1) is 6.92 Å². The van der Waals surface area contributed by atoms with Crippen LogP contribution >= 0.6 is 23.1 Å². The van der Waals surface area contributed by atoms with Gasteiger partial charge in [0, 0.05) is 18.7 Å². The van der Waals surface area contributed by atoms with Crippen LogP contribution in [0.25, 0.3) is 21.1 Å². The van der Waals surface area contributed by atoms with Crippen LogP contribution in [0.5, 0.6) is 0 Å². The maximum absolute atomic E-state index is 12.3. The first kappa shape index (κ1) is 19.1. The molecule has 3 aromatic rings. The van der Waals surface area contributed by atoms with Crippen molar-refractivity contribution in [1.29, 1.82) is 0 Å². The summed E-state index contributed by atoms with van der Waals surface area (Å²) < 4.78 is 0. The maximum atomic E-state index is 12.3. The summed E-state index contributed by atoms with van der Waals surface area (Å²) in [5.41, 5.74) is 2.89. The van der Waals surface area contributed by atoms with E-state index >= 15 is 0 Å². The van der Waals surface area contributed by atoms with E-state index < -0.39 is 0 Å². The topological polar surface area (TPSA) is 59.0 Å². The molecule has 3 heterocycles. The van der Waals surface area contributed by atoms with E-state index in [9.17, 15) is 4.79 Å². The molecule has 1 saturated heterocycles. The molecule has 0 radical (unpaired) electrons. The number of nitrogens with zero attached hydrogens (tertiary/aromatic N) is 4. The number of benzene rings is 1. The van der Waals surface area contributed by atoms with Gasteiger partial charge in [-0.15, -0.1) is 21.5 Å². The van der Waals surface area contributed by atoms with Crippen molar-refractivity contribution < 1.29 is 4.79 Å². The summed E-state index contributed by atoms with van der Waals surface area (Å²) in [5, 5.41) is 10.5. The number of likely N-dealkylation sites (tertiary alicyclic amines) is 1. The zero-order valence-electron chi connectivity index (χ0n) is 15.8. The van der Waals surface area contributed by atoms with E-state index in [1.54, 1.807) is 11.3 Å². The first-order chi connectivity index (χ1) is 13.7. The van der Waals surface area contributed by atoms with Crippen molar-refractivity contribution >= 4 is 29.0 Å². The minimum Gasteiger partial charge on any atom is -0.342 e. The molecule has 1 fully saturated rings. The van der Waals surface area contributed by atoms with E-state index in [1.807, 2.05) is 42.2 Å². The Hall–Kier alpha value is -2.25. The fourth-order valence-electron chi connectivity index (χ4n) is 3.23. The van der Waals surface area contributed by atoms with Gasteiger partial charge in [0.25, 0.3) is 0 Å². The predicted octanol–water partition coefficient (Wildman–Crippen LogP) is 4.68. The molecule has 0 N–H and O–H groups in total. The van der Waals surface area contributed by atoms with Gasteiger partial charge in [-0.25, -0.2) is 4.98 Å². The van der Waals surface area contributed by atoms with Gasteiger partial charge >= 0.3 is 0 Å². The van der Waals surface area contributed by atoms with Crippen molar-refractivity contribution in [2.45, 2.75) is 31.2 Å². The second kappa shape index (κ2) is 8.84. The number of amides is 1. The minimum absolute atomic E-state index is 0.196. The number of thiazole rings is 1. The highest BCUT2D eigenvalue weighted by molar-refractivity contribution is 7.99. The lowest BCUT2D eigenvalue weighted by atomic mass is 10.1. The predicted molar refractivity (Wildman–Crippen MR) is 114 cm³/mol. The number of hydrogen-bond donors (Lipinski definition) is 0. The van der Waals surface area contributed by atoms with Gasteiger partial charge in [0.2, 0.25) is 5.91 Å². The monoisotopic (exact) mass is 410 g/mol. The lowest BCUT2D eigenvalue weighted by Crippen LogP contribution is -2.36. The van der Waals surface area contributed by atoms with Gasteiger partial charge in [0.15, 0.2) is 0 Å². The first-order valence-corrected chi connectivity index (χ1v) is 11.3. The van der Waals surface area contributed by atoms with Gasteiger partial charge in [-0.05, 0) is 38.3 Å². The molecule has 4 rings (SSSR count). The number of carbonyl (C=O) groups is 1. The van der Waals surface area contributed by atoms with E-state index in [1.165, 1.54) is 18.2 Å². The number of piperidine rings is 1. The van der Waals surface area contributed by atoms with E-state index in [2.05, 4.69) is 27.3 Å². The summed E-state index contributed by atoms with van der Waals surface area (Å²) >= 11 is 3.08. The van der Waals surface area contributed by atoms with Crippen molar-refractivity contribution in [3.05, 3.63) is 48.2 Å². The van der Waals surface area contributed by atoms with Gasteiger partial charge in [-0.2, -0.15) is 0 Å². The molecule has 1 aliphatic heterocycles. The van der Waals surface area contributed by atoms with E-state index in [-0.39, 0.29) is 5.91 Å². The quantitative estimate of drug-likeness (QED) is 0.572. The van der Waals surface area contributed by atoms with Crippen LogP contribution < -0.4 is 0 Å². The maximum Gasteiger partial charge on any atom is 0.232 e. The van der Waals surface area contributed by atoms with Crippen LogP contribution in [-0.2, 0) is 4.79 Å². The fraction of sp³-hybridized carbons (Fsp3) is 0.333. The number of aryl methyl sites for hydroxylation is 1. The second-order valence-corrected chi connectivity index (χ2v) is 8.78. The van der Waals surface area contributed by atoms with Crippen molar-refractivity contribution in [3.8, 4) is 21.1 Å². The summed E-state index contributed by atoms with van der Waals surface area (Å²) in [7, 11) is 0. The zero-order chi connectivity index (χ0) is 19.3. The minimum atomic E-state index is 0.196. The summed E-state index contributed by atoms with van der Waals surface area (Å²) in [6.07, 6.45) is 3.46. The van der Waals surface area contributed by atoms with E-state index in [0.717, 1.165) is 57.8 Å². The average Bonchev–Trinajstić information content (AvgIpc) is 3.15. The highest BCUT2D eigenvalue weighted by Crippen LogP contribution is 2.34.